The molecule has 0 radical (unpaired) electrons. The van der Waals surface area contributed by atoms with Gasteiger partial charge in [-0.25, -0.2) is 0 Å². The summed E-state index contributed by atoms with van der Waals surface area (Å²) in [6.45, 7) is 4.71. The summed E-state index contributed by atoms with van der Waals surface area (Å²) >= 11 is 0. The average Bonchev–Trinajstić information content (AvgIpc) is 2.30. The third-order valence-electron chi connectivity index (χ3n) is 2.51. The second-order valence-corrected chi connectivity index (χ2v) is 3.90. The van der Waals surface area contributed by atoms with Gasteiger partial charge in [0.1, 0.15) is 5.75 Å². The van der Waals surface area contributed by atoms with Crippen molar-refractivity contribution in [3.63, 3.8) is 0 Å². The summed E-state index contributed by atoms with van der Waals surface area (Å²) in [5, 5.41) is 9.94. The maximum atomic E-state index is 9.94. The number of aliphatic hydroxyl groups excluding tert-OH is 1. The molecule has 0 aliphatic carbocycles. The number of pyridine rings is 1. The molecule has 1 aromatic rings. The zero-order valence-corrected chi connectivity index (χ0v) is 10.1. The minimum atomic E-state index is -0.417. The fraction of sp³-hybridized carbons (Fsp3) is 0.615. The Kier molecular flexibility index (Phi) is 5.86. The first-order valence-electron chi connectivity index (χ1n) is 6.03. The summed E-state index contributed by atoms with van der Waals surface area (Å²) in [6.07, 6.45) is 7.14. The Bertz CT molecular complexity index is 302. The fourth-order valence-electron chi connectivity index (χ4n) is 1.62. The van der Waals surface area contributed by atoms with Gasteiger partial charge in [-0.15, -0.1) is 0 Å². The molecule has 16 heavy (non-hydrogen) atoms. The van der Waals surface area contributed by atoms with Crippen LogP contribution in [0.15, 0.2) is 18.5 Å². The highest BCUT2D eigenvalue weighted by molar-refractivity contribution is 5.25. The highest BCUT2D eigenvalue weighted by atomic mass is 16.5. The van der Waals surface area contributed by atoms with Crippen LogP contribution in [0.1, 0.15) is 51.2 Å². The summed E-state index contributed by atoms with van der Waals surface area (Å²) < 4.78 is 5.35. The molecule has 0 aliphatic rings. The summed E-state index contributed by atoms with van der Waals surface area (Å²) in [6, 6.07) is 1.87. The average molecular weight is 223 g/mol. The first-order valence-corrected chi connectivity index (χ1v) is 6.03. The van der Waals surface area contributed by atoms with E-state index < -0.39 is 6.10 Å². The van der Waals surface area contributed by atoms with Crippen LogP contribution in [-0.2, 0) is 0 Å². The first-order chi connectivity index (χ1) is 7.77. The van der Waals surface area contributed by atoms with Crippen molar-refractivity contribution in [2.24, 2.45) is 0 Å². The normalized spacial score (nSPS) is 12.4. The number of hydrogen-bond donors (Lipinski definition) is 1. The van der Waals surface area contributed by atoms with Gasteiger partial charge in [-0.05, 0) is 19.4 Å². The Labute approximate surface area is 97.5 Å². The lowest BCUT2D eigenvalue weighted by atomic mass is 10.0. The molecule has 0 saturated carbocycles. The highest BCUT2D eigenvalue weighted by Crippen LogP contribution is 2.22. The maximum Gasteiger partial charge on any atom is 0.137 e. The minimum absolute atomic E-state index is 0.417. The number of aromatic nitrogens is 1. The van der Waals surface area contributed by atoms with Gasteiger partial charge in [0.05, 0.1) is 18.9 Å². The van der Waals surface area contributed by atoms with E-state index in [0.717, 1.165) is 30.6 Å². The van der Waals surface area contributed by atoms with Crippen LogP contribution in [0.2, 0.25) is 0 Å². The van der Waals surface area contributed by atoms with E-state index >= 15 is 0 Å². The van der Waals surface area contributed by atoms with Crippen molar-refractivity contribution in [3.05, 3.63) is 24.0 Å². The van der Waals surface area contributed by atoms with Crippen LogP contribution in [0.5, 0.6) is 5.75 Å². The van der Waals surface area contributed by atoms with Crippen LogP contribution in [0.25, 0.3) is 0 Å². The molecule has 1 aromatic heterocycles. The molecule has 0 aromatic carbocycles. The van der Waals surface area contributed by atoms with Gasteiger partial charge in [0, 0.05) is 11.8 Å². The first kappa shape index (κ1) is 13.0. The Morgan fingerprint density at radius 3 is 2.81 bits per heavy atom. The third kappa shape index (κ3) is 4.19. The fourth-order valence-corrected chi connectivity index (χ4v) is 1.62. The molecule has 1 atom stereocenters. The lowest BCUT2D eigenvalue weighted by molar-refractivity contribution is 0.162. The lowest BCUT2D eigenvalue weighted by Crippen LogP contribution is -2.00. The van der Waals surface area contributed by atoms with Gasteiger partial charge in [-0.2, -0.15) is 0 Å². The molecule has 0 amide bonds. The highest BCUT2D eigenvalue weighted by Gasteiger charge is 2.08. The number of ether oxygens (including phenoxy) is 1. The summed E-state index contributed by atoms with van der Waals surface area (Å²) in [5.74, 6) is 0.731. The standard InChI is InChI=1S/C13H21NO2/c1-3-5-6-7-13(15)11-8-12(16-4-2)10-14-9-11/h8-10,13,15H,3-7H2,1-2H3. The molecule has 90 valence electrons. The topological polar surface area (TPSA) is 42.4 Å². The van der Waals surface area contributed by atoms with E-state index in [-0.39, 0.29) is 0 Å². The zero-order chi connectivity index (χ0) is 11.8. The van der Waals surface area contributed by atoms with Crippen LogP contribution in [0, 0.1) is 0 Å². The van der Waals surface area contributed by atoms with E-state index in [2.05, 4.69) is 11.9 Å². The smallest absolute Gasteiger partial charge is 0.137 e. The molecular formula is C13H21NO2. The van der Waals surface area contributed by atoms with Gasteiger partial charge < -0.3 is 9.84 Å². The number of aliphatic hydroxyl groups is 1. The van der Waals surface area contributed by atoms with Crippen molar-refractivity contribution >= 4 is 0 Å². The van der Waals surface area contributed by atoms with Crippen molar-refractivity contribution in [1.29, 1.82) is 0 Å². The van der Waals surface area contributed by atoms with E-state index in [1.54, 1.807) is 12.4 Å². The molecule has 0 saturated heterocycles. The molecule has 0 spiro atoms. The van der Waals surface area contributed by atoms with Gasteiger partial charge in [0.15, 0.2) is 0 Å². The van der Waals surface area contributed by atoms with Crippen molar-refractivity contribution in [1.82, 2.24) is 4.98 Å². The molecule has 0 aliphatic heterocycles. The number of nitrogens with zero attached hydrogens (tertiary/aromatic N) is 1. The Morgan fingerprint density at radius 2 is 2.12 bits per heavy atom. The van der Waals surface area contributed by atoms with E-state index in [4.69, 9.17) is 4.74 Å². The van der Waals surface area contributed by atoms with E-state index in [0.29, 0.717) is 6.61 Å². The quantitative estimate of drug-likeness (QED) is 0.722. The summed E-state index contributed by atoms with van der Waals surface area (Å²) in [7, 11) is 0. The van der Waals surface area contributed by atoms with Crippen LogP contribution < -0.4 is 4.74 Å². The summed E-state index contributed by atoms with van der Waals surface area (Å²) in [4.78, 5) is 4.07. The Morgan fingerprint density at radius 1 is 1.31 bits per heavy atom. The molecule has 3 heteroatoms. The monoisotopic (exact) mass is 223 g/mol. The van der Waals surface area contributed by atoms with Gasteiger partial charge in [-0.3, -0.25) is 4.98 Å². The van der Waals surface area contributed by atoms with Crippen LogP contribution in [0.3, 0.4) is 0 Å². The second-order valence-electron chi connectivity index (χ2n) is 3.90. The maximum absolute atomic E-state index is 9.94. The molecule has 0 bridgehead atoms. The van der Waals surface area contributed by atoms with Crippen LogP contribution >= 0.6 is 0 Å². The van der Waals surface area contributed by atoms with Crippen molar-refractivity contribution in [3.8, 4) is 5.75 Å². The largest absolute Gasteiger partial charge is 0.492 e. The van der Waals surface area contributed by atoms with Crippen molar-refractivity contribution in [2.45, 2.75) is 45.6 Å². The Balaban J connectivity index is 2.53. The molecule has 1 rings (SSSR count). The molecular weight excluding hydrogens is 202 g/mol. The van der Waals surface area contributed by atoms with E-state index in [1.165, 1.54) is 6.42 Å². The van der Waals surface area contributed by atoms with Crippen molar-refractivity contribution < 1.29 is 9.84 Å². The third-order valence-corrected chi connectivity index (χ3v) is 2.51. The summed E-state index contributed by atoms with van der Waals surface area (Å²) in [5.41, 5.74) is 0.849. The molecule has 1 unspecified atom stereocenters. The van der Waals surface area contributed by atoms with Crippen LogP contribution in [-0.4, -0.2) is 16.7 Å². The van der Waals surface area contributed by atoms with E-state index in [9.17, 15) is 5.11 Å². The van der Waals surface area contributed by atoms with Gasteiger partial charge >= 0.3 is 0 Å². The predicted octanol–water partition coefficient (Wildman–Crippen LogP) is 3.09. The number of hydrogen-bond acceptors (Lipinski definition) is 3. The molecule has 1 N–H and O–H groups in total. The predicted molar refractivity (Wildman–Crippen MR) is 64.5 cm³/mol. The number of unbranched alkanes of at least 4 members (excludes halogenated alkanes) is 2. The van der Waals surface area contributed by atoms with E-state index in [1.807, 2.05) is 13.0 Å². The molecule has 3 nitrogen and oxygen atoms in total. The SMILES string of the molecule is CCCCCC(O)c1cncc(OCC)c1. The van der Waals surface area contributed by atoms with Gasteiger partial charge in [0.2, 0.25) is 0 Å². The number of rotatable bonds is 7. The minimum Gasteiger partial charge on any atom is -0.492 e. The zero-order valence-electron chi connectivity index (χ0n) is 10.1. The lowest BCUT2D eigenvalue weighted by Gasteiger charge is -2.11. The van der Waals surface area contributed by atoms with Gasteiger partial charge in [-0.1, -0.05) is 26.2 Å². The molecule has 0 fully saturated rings. The second kappa shape index (κ2) is 7.23. The Hall–Kier alpha value is -1.09. The van der Waals surface area contributed by atoms with Crippen LogP contribution in [0.4, 0.5) is 0 Å². The molecule has 1 heterocycles. The van der Waals surface area contributed by atoms with Crippen molar-refractivity contribution in [2.75, 3.05) is 6.61 Å². The van der Waals surface area contributed by atoms with Gasteiger partial charge in [0.25, 0.3) is 0 Å².